The van der Waals surface area contributed by atoms with Gasteiger partial charge in [-0.15, -0.1) is 6.58 Å². The number of hydrogen-bond acceptors (Lipinski definition) is 1. The molecule has 0 saturated heterocycles. The molecule has 0 aliphatic heterocycles. The molecule has 1 rings (SSSR count). The van der Waals surface area contributed by atoms with Crippen molar-refractivity contribution >= 4 is 8.32 Å². The number of allylic oxidation sites excluding steroid dienone is 1. The first-order chi connectivity index (χ1) is 8.26. The lowest BCUT2D eigenvalue weighted by Gasteiger charge is -2.30. The zero-order valence-corrected chi connectivity index (χ0v) is 12.1. The predicted molar refractivity (Wildman–Crippen MR) is 78.0 cm³/mol. The zero-order valence-electron chi connectivity index (χ0n) is 11.1. The summed E-state index contributed by atoms with van der Waals surface area (Å²) in [5.74, 6) is 1.04. The molecule has 1 aromatic carbocycles. The van der Waals surface area contributed by atoms with Crippen LogP contribution in [0.15, 0.2) is 43.0 Å². The standard InChI is InChI=1S/C15H24OSi/c1-4-7-11-14-17(5-2,6-3)16-15-12-9-8-10-13-15/h4,8-10,12-13H,1,5-7,11,14H2,2-3H3. The van der Waals surface area contributed by atoms with E-state index < -0.39 is 8.32 Å². The van der Waals surface area contributed by atoms with Crippen molar-refractivity contribution in [1.29, 1.82) is 0 Å². The highest BCUT2D eigenvalue weighted by atomic mass is 28.4. The smallest absolute Gasteiger partial charge is 0.250 e. The third kappa shape index (κ3) is 4.39. The molecule has 0 saturated carbocycles. The number of hydrogen-bond donors (Lipinski definition) is 0. The molecule has 0 aromatic heterocycles. The molecule has 0 aliphatic rings. The van der Waals surface area contributed by atoms with Crippen molar-refractivity contribution in [3.63, 3.8) is 0 Å². The van der Waals surface area contributed by atoms with Crippen LogP contribution < -0.4 is 4.43 Å². The summed E-state index contributed by atoms with van der Waals surface area (Å²) in [6.45, 7) is 8.33. The molecule has 94 valence electrons. The molecule has 2 heteroatoms. The maximum Gasteiger partial charge on any atom is 0.250 e. The summed E-state index contributed by atoms with van der Waals surface area (Å²) in [6, 6.07) is 13.9. The number of rotatable bonds is 8. The fraction of sp³-hybridized carbons (Fsp3) is 0.467. The Bertz CT molecular complexity index is 317. The monoisotopic (exact) mass is 248 g/mol. The molecule has 0 unspecified atom stereocenters. The van der Waals surface area contributed by atoms with E-state index in [4.69, 9.17) is 4.43 Å². The number of unbranched alkanes of at least 4 members (excludes halogenated alkanes) is 1. The average Bonchev–Trinajstić information content (AvgIpc) is 2.39. The fourth-order valence-corrected chi connectivity index (χ4v) is 5.19. The molecular weight excluding hydrogens is 224 g/mol. The second-order valence-corrected chi connectivity index (χ2v) is 8.97. The third-order valence-corrected chi connectivity index (χ3v) is 7.92. The SMILES string of the molecule is C=CCCC[Si](CC)(CC)Oc1ccccc1. The summed E-state index contributed by atoms with van der Waals surface area (Å²) in [5, 5.41) is 0. The Hall–Kier alpha value is -1.02. The van der Waals surface area contributed by atoms with Gasteiger partial charge in [-0.1, -0.05) is 38.1 Å². The van der Waals surface area contributed by atoms with Gasteiger partial charge in [-0.2, -0.15) is 0 Å². The van der Waals surface area contributed by atoms with Crippen molar-refractivity contribution in [2.45, 2.75) is 44.8 Å². The van der Waals surface area contributed by atoms with Gasteiger partial charge in [0.2, 0.25) is 0 Å². The molecule has 1 nitrogen and oxygen atoms in total. The van der Waals surface area contributed by atoms with Crippen LogP contribution in [0.3, 0.4) is 0 Å². The molecule has 0 amide bonds. The largest absolute Gasteiger partial charge is 0.543 e. The molecule has 0 bridgehead atoms. The summed E-state index contributed by atoms with van der Waals surface area (Å²) in [6.07, 6.45) is 4.32. The maximum absolute atomic E-state index is 6.35. The van der Waals surface area contributed by atoms with Crippen LogP contribution in [0, 0.1) is 0 Å². The maximum atomic E-state index is 6.35. The molecule has 0 spiro atoms. The van der Waals surface area contributed by atoms with Crippen LogP contribution in [-0.2, 0) is 0 Å². The van der Waals surface area contributed by atoms with Crippen LogP contribution in [0.1, 0.15) is 26.7 Å². The quantitative estimate of drug-likeness (QED) is 0.357. The highest BCUT2D eigenvalue weighted by Crippen LogP contribution is 2.27. The van der Waals surface area contributed by atoms with Crippen molar-refractivity contribution in [2.24, 2.45) is 0 Å². The highest BCUT2D eigenvalue weighted by molar-refractivity contribution is 6.74. The van der Waals surface area contributed by atoms with Gasteiger partial charge in [0.05, 0.1) is 0 Å². The minimum absolute atomic E-state index is 1.04. The zero-order chi connectivity index (χ0) is 12.6. The first kappa shape index (κ1) is 14.0. The van der Waals surface area contributed by atoms with Crippen molar-refractivity contribution in [1.82, 2.24) is 0 Å². The molecule has 0 aliphatic carbocycles. The van der Waals surface area contributed by atoms with Gasteiger partial charge >= 0.3 is 0 Å². The molecule has 0 radical (unpaired) electrons. The van der Waals surface area contributed by atoms with Crippen molar-refractivity contribution < 1.29 is 4.43 Å². The Morgan fingerprint density at radius 2 is 1.82 bits per heavy atom. The van der Waals surface area contributed by atoms with Gasteiger partial charge in [-0.05, 0) is 43.1 Å². The molecule has 0 fully saturated rings. The van der Waals surface area contributed by atoms with Crippen LogP contribution in [0.5, 0.6) is 5.75 Å². The lowest BCUT2D eigenvalue weighted by Crippen LogP contribution is -2.40. The minimum Gasteiger partial charge on any atom is -0.543 e. The highest BCUT2D eigenvalue weighted by Gasteiger charge is 2.32. The normalized spacial score (nSPS) is 11.2. The Kier molecular flexibility index (Phi) is 6.05. The second kappa shape index (κ2) is 7.33. The van der Waals surface area contributed by atoms with Crippen molar-refractivity contribution in [2.75, 3.05) is 0 Å². The lowest BCUT2D eigenvalue weighted by atomic mass is 10.3. The first-order valence-corrected chi connectivity index (χ1v) is 9.14. The molecular formula is C15H24OSi. The van der Waals surface area contributed by atoms with Crippen molar-refractivity contribution in [3.05, 3.63) is 43.0 Å². The lowest BCUT2D eigenvalue weighted by molar-refractivity contribution is 0.526. The van der Waals surface area contributed by atoms with E-state index in [1.807, 2.05) is 24.3 Å². The molecule has 0 N–H and O–H groups in total. The minimum atomic E-state index is -1.57. The summed E-state index contributed by atoms with van der Waals surface area (Å²) in [4.78, 5) is 0. The third-order valence-electron chi connectivity index (χ3n) is 3.41. The summed E-state index contributed by atoms with van der Waals surface area (Å²) < 4.78 is 6.35. The fourth-order valence-electron chi connectivity index (χ4n) is 2.11. The van der Waals surface area contributed by atoms with E-state index >= 15 is 0 Å². The number of para-hydroxylation sites is 1. The van der Waals surface area contributed by atoms with E-state index in [1.54, 1.807) is 0 Å². The van der Waals surface area contributed by atoms with Gasteiger partial charge in [-0.25, -0.2) is 0 Å². The van der Waals surface area contributed by atoms with E-state index in [9.17, 15) is 0 Å². The van der Waals surface area contributed by atoms with E-state index in [2.05, 4.69) is 32.6 Å². The topological polar surface area (TPSA) is 9.23 Å². The second-order valence-electron chi connectivity index (χ2n) is 4.49. The first-order valence-electron chi connectivity index (χ1n) is 6.61. The van der Waals surface area contributed by atoms with E-state index in [0.717, 1.165) is 12.2 Å². The van der Waals surface area contributed by atoms with Gasteiger partial charge in [0.15, 0.2) is 0 Å². The average molecular weight is 248 g/mol. The van der Waals surface area contributed by atoms with Gasteiger partial charge < -0.3 is 4.43 Å². The Labute approximate surface area is 107 Å². The van der Waals surface area contributed by atoms with Gasteiger partial charge in [0.1, 0.15) is 5.75 Å². The van der Waals surface area contributed by atoms with Gasteiger partial charge in [-0.3, -0.25) is 0 Å². The Morgan fingerprint density at radius 1 is 1.18 bits per heavy atom. The van der Waals surface area contributed by atoms with Gasteiger partial charge in [0, 0.05) is 0 Å². The van der Waals surface area contributed by atoms with Crippen LogP contribution >= 0.6 is 0 Å². The Balaban J connectivity index is 2.66. The van der Waals surface area contributed by atoms with Gasteiger partial charge in [0.25, 0.3) is 8.32 Å². The summed E-state index contributed by atoms with van der Waals surface area (Å²) in [7, 11) is -1.57. The predicted octanol–water partition coefficient (Wildman–Crippen LogP) is 5.02. The molecule has 0 atom stereocenters. The molecule has 0 heterocycles. The van der Waals surface area contributed by atoms with Crippen LogP contribution in [0.25, 0.3) is 0 Å². The van der Waals surface area contributed by atoms with Crippen LogP contribution in [0.4, 0.5) is 0 Å². The van der Waals surface area contributed by atoms with Crippen LogP contribution in [0.2, 0.25) is 18.1 Å². The van der Waals surface area contributed by atoms with E-state index in [1.165, 1.54) is 24.6 Å². The molecule has 17 heavy (non-hydrogen) atoms. The summed E-state index contributed by atoms with van der Waals surface area (Å²) in [5.41, 5.74) is 0. The van der Waals surface area contributed by atoms with Crippen LogP contribution in [-0.4, -0.2) is 8.32 Å². The number of benzene rings is 1. The van der Waals surface area contributed by atoms with E-state index in [-0.39, 0.29) is 0 Å². The molecule has 1 aromatic rings. The van der Waals surface area contributed by atoms with E-state index in [0.29, 0.717) is 0 Å². The Morgan fingerprint density at radius 3 is 2.35 bits per heavy atom. The van der Waals surface area contributed by atoms with Crippen molar-refractivity contribution in [3.8, 4) is 5.75 Å². The summed E-state index contributed by atoms with van der Waals surface area (Å²) >= 11 is 0.